The third-order valence-electron chi connectivity index (χ3n) is 1.42. The molecule has 0 heterocycles. The van der Waals surface area contributed by atoms with E-state index in [1.54, 1.807) is 13.8 Å². The number of hydrogen-bond donors (Lipinski definition) is 1. The SMILES string of the molecule is C#CCC(C)NS(=O)(=O)CC(=O)OCC. The zero-order valence-corrected chi connectivity index (χ0v) is 9.63. The molecule has 0 bridgehead atoms. The van der Waals surface area contributed by atoms with E-state index in [0.717, 1.165) is 0 Å². The predicted molar refractivity (Wildman–Crippen MR) is 56.5 cm³/mol. The summed E-state index contributed by atoms with van der Waals surface area (Å²) in [5.41, 5.74) is 0. The number of ether oxygens (including phenoxy) is 1. The number of carbonyl (C=O) groups excluding carboxylic acids is 1. The van der Waals surface area contributed by atoms with E-state index in [-0.39, 0.29) is 19.1 Å². The van der Waals surface area contributed by atoms with Crippen molar-refractivity contribution < 1.29 is 17.9 Å². The van der Waals surface area contributed by atoms with Gasteiger partial charge in [0.25, 0.3) is 0 Å². The maximum atomic E-state index is 11.3. The first-order valence-corrected chi connectivity index (χ1v) is 6.15. The lowest BCUT2D eigenvalue weighted by molar-refractivity contribution is -0.139. The minimum Gasteiger partial charge on any atom is -0.465 e. The molecule has 1 unspecified atom stereocenters. The monoisotopic (exact) mass is 233 g/mol. The number of esters is 1. The van der Waals surface area contributed by atoms with E-state index >= 15 is 0 Å². The van der Waals surface area contributed by atoms with Crippen LogP contribution in [-0.4, -0.2) is 32.8 Å². The van der Waals surface area contributed by atoms with Gasteiger partial charge in [0.1, 0.15) is 0 Å². The van der Waals surface area contributed by atoms with Crippen molar-refractivity contribution >= 4 is 16.0 Å². The van der Waals surface area contributed by atoms with Gasteiger partial charge in [-0.3, -0.25) is 4.79 Å². The second-order valence-electron chi connectivity index (χ2n) is 2.99. The molecule has 0 rings (SSSR count). The van der Waals surface area contributed by atoms with E-state index in [1.807, 2.05) is 0 Å². The molecule has 0 aliphatic heterocycles. The Hall–Kier alpha value is -1.06. The minimum absolute atomic E-state index is 0.161. The van der Waals surface area contributed by atoms with Gasteiger partial charge in [-0.1, -0.05) is 0 Å². The van der Waals surface area contributed by atoms with Gasteiger partial charge in [0.2, 0.25) is 10.0 Å². The Morgan fingerprint density at radius 2 is 2.20 bits per heavy atom. The molecule has 0 amide bonds. The normalized spacial score (nSPS) is 12.9. The Morgan fingerprint density at radius 1 is 1.60 bits per heavy atom. The molecule has 0 saturated carbocycles. The topological polar surface area (TPSA) is 72.5 Å². The number of nitrogens with one attached hydrogen (secondary N) is 1. The number of carbonyl (C=O) groups is 1. The van der Waals surface area contributed by atoms with Gasteiger partial charge in [-0.15, -0.1) is 12.3 Å². The van der Waals surface area contributed by atoms with Gasteiger partial charge in [0, 0.05) is 12.5 Å². The van der Waals surface area contributed by atoms with Crippen molar-refractivity contribution in [2.45, 2.75) is 26.3 Å². The molecule has 0 aromatic rings. The van der Waals surface area contributed by atoms with Crippen LogP contribution in [0, 0.1) is 12.3 Å². The summed E-state index contributed by atoms with van der Waals surface area (Å²) in [7, 11) is -3.64. The Kier molecular flexibility index (Phi) is 5.97. The third-order valence-corrected chi connectivity index (χ3v) is 2.80. The first kappa shape index (κ1) is 13.9. The van der Waals surface area contributed by atoms with Crippen molar-refractivity contribution in [3.63, 3.8) is 0 Å². The van der Waals surface area contributed by atoms with E-state index in [9.17, 15) is 13.2 Å². The van der Waals surface area contributed by atoms with Crippen LogP contribution in [0.4, 0.5) is 0 Å². The van der Waals surface area contributed by atoms with Crippen LogP contribution in [0.3, 0.4) is 0 Å². The van der Waals surface area contributed by atoms with Crippen LogP contribution in [0.1, 0.15) is 20.3 Å². The highest BCUT2D eigenvalue weighted by molar-refractivity contribution is 7.90. The van der Waals surface area contributed by atoms with E-state index in [2.05, 4.69) is 15.4 Å². The Balaban J connectivity index is 4.20. The van der Waals surface area contributed by atoms with Crippen LogP contribution < -0.4 is 4.72 Å². The van der Waals surface area contributed by atoms with Crippen LogP contribution in [0.5, 0.6) is 0 Å². The first-order valence-electron chi connectivity index (χ1n) is 4.50. The molecule has 0 aliphatic rings. The summed E-state index contributed by atoms with van der Waals surface area (Å²) in [5.74, 6) is 0.889. The highest BCUT2D eigenvalue weighted by Crippen LogP contribution is 1.94. The molecule has 0 fully saturated rings. The Bertz CT molecular complexity index is 342. The van der Waals surface area contributed by atoms with Crippen LogP contribution in [0.25, 0.3) is 0 Å². The lowest BCUT2D eigenvalue weighted by atomic mass is 10.3. The minimum atomic E-state index is -3.64. The molecule has 0 aromatic heterocycles. The average molecular weight is 233 g/mol. The molecule has 0 saturated heterocycles. The van der Waals surface area contributed by atoms with Crippen molar-refractivity contribution in [2.24, 2.45) is 0 Å². The van der Waals surface area contributed by atoms with E-state index in [0.29, 0.717) is 0 Å². The van der Waals surface area contributed by atoms with Crippen LogP contribution >= 0.6 is 0 Å². The van der Waals surface area contributed by atoms with Crippen LogP contribution in [0.15, 0.2) is 0 Å². The van der Waals surface area contributed by atoms with E-state index in [1.165, 1.54) is 0 Å². The first-order chi connectivity index (χ1) is 6.91. The summed E-state index contributed by atoms with van der Waals surface area (Å²) in [6.45, 7) is 3.40. The van der Waals surface area contributed by atoms with Crippen LogP contribution in [0.2, 0.25) is 0 Å². The summed E-state index contributed by atoms with van der Waals surface area (Å²) in [4.78, 5) is 10.9. The van der Waals surface area contributed by atoms with Gasteiger partial charge in [-0.2, -0.15) is 0 Å². The maximum absolute atomic E-state index is 11.3. The largest absolute Gasteiger partial charge is 0.465 e. The lowest BCUT2D eigenvalue weighted by Gasteiger charge is -2.10. The summed E-state index contributed by atoms with van der Waals surface area (Å²) in [6, 6.07) is -0.380. The second-order valence-corrected chi connectivity index (χ2v) is 4.75. The predicted octanol–water partition coefficient (Wildman–Crippen LogP) is -0.119. The summed E-state index contributed by atoms with van der Waals surface area (Å²) in [5, 5.41) is 0. The average Bonchev–Trinajstić information content (AvgIpc) is 2.01. The van der Waals surface area contributed by atoms with Gasteiger partial charge < -0.3 is 4.74 Å². The highest BCUT2D eigenvalue weighted by Gasteiger charge is 2.19. The third kappa shape index (κ3) is 6.94. The van der Waals surface area contributed by atoms with Crippen molar-refractivity contribution in [3.05, 3.63) is 0 Å². The summed E-state index contributed by atoms with van der Waals surface area (Å²) in [6.07, 6.45) is 5.30. The lowest BCUT2D eigenvalue weighted by Crippen LogP contribution is -2.36. The van der Waals surface area contributed by atoms with Gasteiger partial charge in [0.05, 0.1) is 6.61 Å². The number of rotatable bonds is 6. The molecule has 0 spiro atoms. The van der Waals surface area contributed by atoms with Gasteiger partial charge in [0.15, 0.2) is 5.75 Å². The van der Waals surface area contributed by atoms with E-state index < -0.39 is 21.7 Å². The molecule has 1 N–H and O–H groups in total. The number of terminal acetylenes is 1. The molecule has 0 radical (unpaired) electrons. The van der Waals surface area contributed by atoms with E-state index in [4.69, 9.17) is 6.42 Å². The summed E-state index contributed by atoms with van der Waals surface area (Å²) < 4.78 is 29.4. The van der Waals surface area contributed by atoms with Crippen molar-refractivity contribution in [3.8, 4) is 12.3 Å². The maximum Gasteiger partial charge on any atom is 0.322 e. The molecule has 0 aliphatic carbocycles. The number of sulfonamides is 1. The molecule has 6 heteroatoms. The molecule has 15 heavy (non-hydrogen) atoms. The summed E-state index contributed by atoms with van der Waals surface area (Å²) >= 11 is 0. The fraction of sp³-hybridized carbons (Fsp3) is 0.667. The number of hydrogen-bond acceptors (Lipinski definition) is 4. The molecular weight excluding hydrogens is 218 g/mol. The molecule has 5 nitrogen and oxygen atoms in total. The van der Waals surface area contributed by atoms with Crippen molar-refractivity contribution in [2.75, 3.05) is 12.4 Å². The van der Waals surface area contributed by atoms with Crippen molar-refractivity contribution in [1.82, 2.24) is 4.72 Å². The fourth-order valence-corrected chi connectivity index (χ4v) is 2.10. The molecule has 86 valence electrons. The Morgan fingerprint density at radius 3 is 2.67 bits per heavy atom. The quantitative estimate of drug-likeness (QED) is 0.513. The van der Waals surface area contributed by atoms with Gasteiger partial charge >= 0.3 is 5.97 Å². The van der Waals surface area contributed by atoms with Gasteiger partial charge in [-0.05, 0) is 13.8 Å². The zero-order valence-electron chi connectivity index (χ0n) is 8.82. The molecule has 1 atom stereocenters. The Labute approximate surface area is 90.2 Å². The smallest absolute Gasteiger partial charge is 0.322 e. The zero-order chi connectivity index (χ0) is 11.9. The van der Waals surface area contributed by atoms with Gasteiger partial charge in [-0.25, -0.2) is 13.1 Å². The highest BCUT2D eigenvalue weighted by atomic mass is 32.2. The molecular formula is C9H15NO4S. The standard InChI is InChI=1S/C9H15NO4S/c1-4-6-8(3)10-15(12,13)7-9(11)14-5-2/h1,8,10H,5-7H2,2-3H3. The molecule has 0 aromatic carbocycles. The second kappa shape index (κ2) is 6.43. The van der Waals surface area contributed by atoms with Crippen molar-refractivity contribution in [1.29, 1.82) is 0 Å². The van der Waals surface area contributed by atoms with Crippen LogP contribution in [-0.2, 0) is 19.6 Å². The fourth-order valence-electron chi connectivity index (χ4n) is 0.924.